The molecule has 0 aliphatic heterocycles. The first kappa shape index (κ1) is 17.1. The van der Waals surface area contributed by atoms with Gasteiger partial charge in [-0.05, 0) is 36.6 Å². The van der Waals surface area contributed by atoms with Gasteiger partial charge in [0.25, 0.3) is 0 Å². The summed E-state index contributed by atoms with van der Waals surface area (Å²) in [6, 6.07) is 14.3. The lowest BCUT2D eigenvalue weighted by atomic mass is 10.1. The minimum Gasteiger partial charge on any atom is -0.454 e. The highest BCUT2D eigenvalue weighted by Crippen LogP contribution is 2.16. The van der Waals surface area contributed by atoms with Crippen molar-refractivity contribution in [3.8, 4) is 0 Å². The number of carbonyl (C=O) groups is 2. The van der Waals surface area contributed by atoms with Crippen molar-refractivity contribution in [3.05, 3.63) is 59.7 Å². The summed E-state index contributed by atoms with van der Waals surface area (Å²) in [4.78, 5) is 27.1. The van der Waals surface area contributed by atoms with Crippen molar-refractivity contribution < 1.29 is 14.3 Å². The van der Waals surface area contributed by atoms with E-state index in [2.05, 4.69) is 0 Å². The summed E-state index contributed by atoms with van der Waals surface area (Å²) in [5.74, 6) is -0.711. The number of nitrogens with zero attached hydrogens (tertiary/aromatic N) is 1. The predicted molar refractivity (Wildman–Crippen MR) is 93.6 cm³/mol. The third-order valence-electron chi connectivity index (χ3n) is 3.34. The van der Waals surface area contributed by atoms with E-state index in [0.717, 1.165) is 10.6 Å². The van der Waals surface area contributed by atoms with Crippen LogP contribution in [-0.2, 0) is 4.74 Å². The predicted octanol–water partition coefficient (Wildman–Crippen LogP) is 3.51. The SMILES string of the molecule is CSc1ccc(C(=O)COC(=O)c2cccc(N(C)C)c2)cc1. The van der Waals surface area contributed by atoms with Gasteiger partial charge in [0.1, 0.15) is 0 Å². The maximum absolute atomic E-state index is 12.1. The number of anilines is 1. The summed E-state index contributed by atoms with van der Waals surface area (Å²) in [6.07, 6.45) is 1.97. The average molecular weight is 329 g/mol. The van der Waals surface area contributed by atoms with Crippen molar-refractivity contribution in [3.63, 3.8) is 0 Å². The van der Waals surface area contributed by atoms with Gasteiger partial charge in [0.15, 0.2) is 12.4 Å². The molecule has 0 saturated carbocycles. The molecular formula is C18H19NO3S. The van der Waals surface area contributed by atoms with E-state index >= 15 is 0 Å². The van der Waals surface area contributed by atoms with Crippen LogP contribution in [0.5, 0.6) is 0 Å². The third kappa shape index (κ3) is 4.60. The zero-order valence-corrected chi connectivity index (χ0v) is 14.2. The van der Waals surface area contributed by atoms with Crippen molar-refractivity contribution >= 4 is 29.2 Å². The Kier molecular flexibility index (Phi) is 5.82. The Hall–Kier alpha value is -2.27. The topological polar surface area (TPSA) is 46.6 Å². The lowest BCUT2D eigenvalue weighted by Crippen LogP contribution is -2.15. The molecule has 0 aliphatic rings. The monoisotopic (exact) mass is 329 g/mol. The first-order chi connectivity index (χ1) is 11.0. The Bertz CT molecular complexity index is 696. The van der Waals surface area contributed by atoms with Crippen LogP contribution < -0.4 is 4.90 Å². The molecule has 0 saturated heterocycles. The lowest BCUT2D eigenvalue weighted by molar-refractivity contribution is 0.0475. The van der Waals surface area contributed by atoms with Crippen molar-refractivity contribution in [2.45, 2.75) is 4.90 Å². The van der Waals surface area contributed by atoms with Crippen LogP contribution in [0.25, 0.3) is 0 Å². The van der Waals surface area contributed by atoms with Crippen molar-refractivity contribution in [2.75, 3.05) is 31.9 Å². The maximum atomic E-state index is 12.1. The van der Waals surface area contributed by atoms with Crippen LogP contribution in [-0.4, -0.2) is 38.7 Å². The van der Waals surface area contributed by atoms with E-state index in [1.54, 1.807) is 42.1 Å². The fourth-order valence-corrected chi connectivity index (χ4v) is 2.39. The number of benzene rings is 2. The quantitative estimate of drug-likeness (QED) is 0.461. The molecule has 0 radical (unpaired) electrons. The summed E-state index contributed by atoms with van der Waals surface area (Å²) >= 11 is 1.61. The van der Waals surface area contributed by atoms with Crippen LogP contribution in [0.1, 0.15) is 20.7 Å². The Balaban J connectivity index is 1.98. The molecule has 0 heterocycles. The van der Waals surface area contributed by atoms with Gasteiger partial charge in [-0.1, -0.05) is 18.2 Å². The largest absolute Gasteiger partial charge is 0.454 e. The number of esters is 1. The molecule has 2 aromatic carbocycles. The van der Waals surface area contributed by atoms with Crippen molar-refractivity contribution in [2.24, 2.45) is 0 Å². The molecule has 0 fully saturated rings. The molecule has 0 unspecified atom stereocenters. The number of ketones is 1. The summed E-state index contributed by atoms with van der Waals surface area (Å²) < 4.78 is 5.12. The number of carbonyl (C=O) groups excluding carboxylic acids is 2. The summed E-state index contributed by atoms with van der Waals surface area (Å²) in [5.41, 5.74) is 1.87. The fraction of sp³-hybridized carbons (Fsp3) is 0.222. The molecule has 5 heteroatoms. The summed E-state index contributed by atoms with van der Waals surface area (Å²) in [6.45, 7) is -0.260. The van der Waals surface area contributed by atoms with E-state index < -0.39 is 5.97 Å². The Morgan fingerprint density at radius 3 is 2.35 bits per heavy atom. The molecule has 2 aromatic rings. The summed E-state index contributed by atoms with van der Waals surface area (Å²) in [5, 5.41) is 0. The van der Waals surface area contributed by atoms with Crippen LogP contribution in [0.4, 0.5) is 5.69 Å². The van der Waals surface area contributed by atoms with Crippen LogP contribution in [0.2, 0.25) is 0 Å². The first-order valence-electron chi connectivity index (χ1n) is 7.13. The van der Waals surface area contributed by atoms with Crippen molar-refractivity contribution in [1.82, 2.24) is 0 Å². The maximum Gasteiger partial charge on any atom is 0.338 e. The lowest BCUT2D eigenvalue weighted by Gasteiger charge is -2.13. The highest BCUT2D eigenvalue weighted by molar-refractivity contribution is 7.98. The Labute approximate surface area is 140 Å². The molecule has 0 amide bonds. The molecule has 120 valence electrons. The molecule has 0 atom stereocenters. The molecule has 0 aromatic heterocycles. The van der Waals surface area contributed by atoms with Crippen LogP contribution in [0.3, 0.4) is 0 Å². The second-order valence-electron chi connectivity index (χ2n) is 5.17. The van der Waals surface area contributed by atoms with Gasteiger partial charge >= 0.3 is 5.97 Å². The molecule has 23 heavy (non-hydrogen) atoms. The van der Waals surface area contributed by atoms with E-state index in [0.29, 0.717) is 11.1 Å². The number of hydrogen-bond donors (Lipinski definition) is 0. The second-order valence-corrected chi connectivity index (χ2v) is 6.05. The zero-order chi connectivity index (χ0) is 16.8. The minimum atomic E-state index is -0.497. The van der Waals surface area contributed by atoms with Gasteiger partial charge in [0, 0.05) is 30.2 Å². The highest BCUT2D eigenvalue weighted by atomic mass is 32.2. The van der Waals surface area contributed by atoms with E-state index in [-0.39, 0.29) is 12.4 Å². The van der Waals surface area contributed by atoms with Gasteiger partial charge in [-0.2, -0.15) is 0 Å². The minimum absolute atomic E-state index is 0.213. The van der Waals surface area contributed by atoms with Gasteiger partial charge in [-0.15, -0.1) is 11.8 Å². The highest BCUT2D eigenvalue weighted by Gasteiger charge is 2.12. The van der Waals surface area contributed by atoms with E-state index in [9.17, 15) is 9.59 Å². The average Bonchev–Trinajstić information content (AvgIpc) is 2.59. The number of Topliss-reactive ketones (excluding diaryl/α,β-unsaturated/α-hetero) is 1. The van der Waals surface area contributed by atoms with Gasteiger partial charge in [-0.25, -0.2) is 4.79 Å². The second kappa shape index (κ2) is 7.83. The Morgan fingerprint density at radius 1 is 1.04 bits per heavy atom. The number of ether oxygens (including phenoxy) is 1. The fourth-order valence-electron chi connectivity index (χ4n) is 1.99. The molecule has 0 N–H and O–H groups in total. The standard InChI is InChI=1S/C18H19NO3S/c1-19(2)15-6-4-5-14(11-15)18(21)22-12-17(20)13-7-9-16(23-3)10-8-13/h4-11H,12H2,1-3H3. The van der Waals surface area contributed by atoms with Crippen LogP contribution in [0.15, 0.2) is 53.4 Å². The summed E-state index contributed by atoms with van der Waals surface area (Å²) in [7, 11) is 3.79. The number of thioether (sulfide) groups is 1. The number of rotatable bonds is 6. The molecular weight excluding hydrogens is 310 g/mol. The van der Waals surface area contributed by atoms with Crippen LogP contribution >= 0.6 is 11.8 Å². The zero-order valence-electron chi connectivity index (χ0n) is 13.4. The molecule has 0 bridgehead atoms. The normalized spacial score (nSPS) is 10.2. The first-order valence-corrected chi connectivity index (χ1v) is 8.35. The Morgan fingerprint density at radius 2 is 1.74 bits per heavy atom. The third-order valence-corrected chi connectivity index (χ3v) is 4.09. The van der Waals surface area contributed by atoms with E-state index in [4.69, 9.17) is 4.74 Å². The molecule has 2 rings (SSSR count). The number of hydrogen-bond acceptors (Lipinski definition) is 5. The van der Waals surface area contributed by atoms with Gasteiger partial charge in [0.05, 0.1) is 5.56 Å². The van der Waals surface area contributed by atoms with Gasteiger partial charge in [0.2, 0.25) is 0 Å². The smallest absolute Gasteiger partial charge is 0.338 e. The van der Waals surface area contributed by atoms with Gasteiger partial charge in [-0.3, -0.25) is 4.79 Å². The van der Waals surface area contributed by atoms with E-state index in [1.807, 2.05) is 43.5 Å². The van der Waals surface area contributed by atoms with Crippen LogP contribution in [0, 0.1) is 0 Å². The molecule has 4 nitrogen and oxygen atoms in total. The van der Waals surface area contributed by atoms with Gasteiger partial charge < -0.3 is 9.64 Å². The molecule has 0 aliphatic carbocycles. The van der Waals surface area contributed by atoms with Crippen molar-refractivity contribution in [1.29, 1.82) is 0 Å². The molecule has 0 spiro atoms. The van der Waals surface area contributed by atoms with E-state index in [1.165, 1.54) is 0 Å².